The van der Waals surface area contributed by atoms with Crippen molar-refractivity contribution in [1.29, 1.82) is 0 Å². The number of aliphatic imine (C=N–C) groups is 1. The Labute approximate surface area is 133 Å². The summed E-state index contributed by atoms with van der Waals surface area (Å²) in [6.07, 6.45) is 3.85. The van der Waals surface area contributed by atoms with Crippen molar-refractivity contribution >= 4 is 29.9 Å². The van der Waals surface area contributed by atoms with E-state index in [9.17, 15) is 0 Å². The van der Waals surface area contributed by atoms with Crippen LogP contribution in [0, 0.1) is 5.92 Å². The third kappa shape index (κ3) is 5.43. The van der Waals surface area contributed by atoms with Crippen molar-refractivity contribution in [3.05, 3.63) is 0 Å². The largest absolute Gasteiger partial charge is 0.381 e. The lowest BCUT2D eigenvalue weighted by molar-refractivity contribution is 0.113. The summed E-state index contributed by atoms with van der Waals surface area (Å²) in [5, 5.41) is 3.40. The van der Waals surface area contributed by atoms with Crippen LogP contribution in [0.25, 0.3) is 0 Å². The molecule has 0 aromatic heterocycles. The van der Waals surface area contributed by atoms with E-state index in [2.05, 4.69) is 22.3 Å². The van der Waals surface area contributed by atoms with Crippen LogP contribution in [-0.2, 0) is 9.47 Å². The van der Waals surface area contributed by atoms with Gasteiger partial charge in [-0.1, -0.05) is 0 Å². The summed E-state index contributed by atoms with van der Waals surface area (Å²) in [7, 11) is 3.92. The highest BCUT2D eigenvalue weighted by molar-refractivity contribution is 14.0. The Kier molecular flexibility index (Phi) is 8.01. The lowest BCUT2D eigenvalue weighted by atomic mass is 10.1. The summed E-state index contributed by atoms with van der Waals surface area (Å²) in [6.45, 7) is 4.55. The molecular formula is C13H26IN3O2. The number of nitrogens with one attached hydrogen (secondary N) is 1. The normalized spacial score (nSPS) is 27.2. The van der Waals surface area contributed by atoms with Gasteiger partial charge in [-0.2, -0.15) is 0 Å². The Hall–Kier alpha value is -0.0800. The van der Waals surface area contributed by atoms with Crippen LogP contribution in [0.4, 0.5) is 0 Å². The molecule has 5 nitrogen and oxygen atoms in total. The predicted octanol–water partition coefficient (Wildman–Crippen LogP) is 1.33. The monoisotopic (exact) mass is 383 g/mol. The molecule has 0 aromatic rings. The molecule has 0 aliphatic carbocycles. The molecule has 2 fully saturated rings. The molecule has 2 atom stereocenters. The van der Waals surface area contributed by atoms with Crippen molar-refractivity contribution in [2.45, 2.75) is 25.4 Å². The quantitative estimate of drug-likeness (QED) is 0.452. The smallest absolute Gasteiger partial charge is 0.193 e. The molecule has 0 spiro atoms. The number of hydrogen-bond acceptors (Lipinski definition) is 3. The van der Waals surface area contributed by atoms with E-state index >= 15 is 0 Å². The van der Waals surface area contributed by atoms with Crippen LogP contribution in [0.3, 0.4) is 0 Å². The average Bonchev–Trinajstić information content (AvgIpc) is 3.02. The average molecular weight is 383 g/mol. The highest BCUT2D eigenvalue weighted by Gasteiger charge is 2.20. The number of rotatable bonds is 4. The molecule has 2 heterocycles. The topological polar surface area (TPSA) is 46.1 Å². The van der Waals surface area contributed by atoms with Crippen LogP contribution >= 0.6 is 24.0 Å². The molecule has 0 aromatic carbocycles. The summed E-state index contributed by atoms with van der Waals surface area (Å²) in [5.74, 6) is 1.59. The van der Waals surface area contributed by atoms with E-state index in [-0.39, 0.29) is 24.0 Å². The van der Waals surface area contributed by atoms with Gasteiger partial charge in [0, 0.05) is 46.3 Å². The number of guanidine groups is 1. The lowest BCUT2D eigenvalue weighted by Gasteiger charge is -2.25. The maximum absolute atomic E-state index is 5.60. The molecule has 2 aliphatic heterocycles. The summed E-state index contributed by atoms with van der Waals surface area (Å²) in [4.78, 5) is 6.51. The number of halogens is 1. The molecule has 2 rings (SSSR count). The first kappa shape index (κ1) is 17.0. The van der Waals surface area contributed by atoms with Crippen LogP contribution in [0.1, 0.15) is 19.3 Å². The van der Waals surface area contributed by atoms with Gasteiger partial charge >= 0.3 is 0 Å². The van der Waals surface area contributed by atoms with E-state index in [0.29, 0.717) is 12.0 Å². The summed E-state index contributed by atoms with van der Waals surface area (Å²) in [6, 6.07) is 0. The van der Waals surface area contributed by atoms with Crippen LogP contribution < -0.4 is 5.32 Å². The minimum absolute atomic E-state index is 0. The third-order valence-corrected chi connectivity index (χ3v) is 3.64. The molecule has 0 amide bonds. The van der Waals surface area contributed by atoms with Gasteiger partial charge in [0.15, 0.2) is 5.96 Å². The molecule has 2 unspecified atom stereocenters. The van der Waals surface area contributed by atoms with Gasteiger partial charge in [0.1, 0.15) is 0 Å². The molecule has 0 bridgehead atoms. The van der Waals surface area contributed by atoms with Crippen LogP contribution in [0.2, 0.25) is 0 Å². The summed E-state index contributed by atoms with van der Waals surface area (Å²) in [5.41, 5.74) is 0. The Morgan fingerprint density at radius 1 is 1.37 bits per heavy atom. The van der Waals surface area contributed by atoms with Gasteiger partial charge in [0.05, 0.1) is 12.7 Å². The van der Waals surface area contributed by atoms with Crippen LogP contribution in [-0.4, -0.2) is 64.0 Å². The fourth-order valence-corrected chi connectivity index (χ4v) is 2.60. The molecule has 0 radical (unpaired) electrons. The second kappa shape index (κ2) is 8.97. The first-order chi connectivity index (χ1) is 8.79. The van der Waals surface area contributed by atoms with E-state index in [4.69, 9.17) is 9.47 Å². The van der Waals surface area contributed by atoms with Crippen molar-refractivity contribution in [1.82, 2.24) is 10.2 Å². The zero-order valence-corrected chi connectivity index (χ0v) is 14.3. The highest BCUT2D eigenvalue weighted by Crippen LogP contribution is 2.13. The van der Waals surface area contributed by atoms with Gasteiger partial charge in [0.2, 0.25) is 0 Å². The van der Waals surface area contributed by atoms with E-state index in [0.717, 1.165) is 51.7 Å². The van der Waals surface area contributed by atoms with E-state index in [1.807, 2.05) is 7.05 Å². The van der Waals surface area contributed by atoms with Gasteiger partial charge < -0.3 is 19.7 Å². The lowest BCUT2D eigenvalue weighted by Crippen LogP contribution is -2.44. The van der Waals surface area contributed by atoms with Crippen LogP contribution in [0.5, 0.6) is 0 Å². The zero-order valence-electron chi connectivity index (χ0n) is 11.9. The molecule has 1 N–H and O–H groups in total. The van der Waals surface area contributed by atoms with E-state index < -0.39 is 0 Å². The fourth-order valence-electron chi connectivity index (χ4n) is 2.60. The first-order valence-corrected chi connectivity index (χ1v) is 6.90. The van der Waals surface area contributed by atoms with Gasteiger partial charge in [-0.05, 0) is 19.3 Å². The molecule has 112 valence electrons. The predicted molar refractivity (Wildman–Crippen MR) is 87.3 cm³/mol. The van der Waals surface area contributed by atoms with Crippen molar-refractivity contribution in [3.8, 4) is 0 Å². The Morgan fingerprint density at radius 2 is 2.21 bits per heavy atom. The number of nitrogens with zero attached hydrogens (tertiary/aromatic N) is 2. The summed E-state index contributed by atoms with van der Waals surface area (Å²) < 4.78 is 11.0. The molecule has 6 heteroatoms. The van der Waals surface area contributed by atoms with Crippen molar-refractivity contribution in [2.75, 3.05) is 47.0 Å². The Bertz CT molecular complexity index is 277. The SMILES string of the molecule is CN=C(NCC1CCCO1)N(C)CC1CCOC1.I. The molecule has 0 saturated carbocycles. The Balaban J connectivity index is 0.00000180. The van der Waals surface area contributed by atoms with Gasteiger partial charge in [0.25, 0.3) is 0 Å². The van der Waals surface area contributed by atoms with Crippen molar-refractivity contribution in [2.24, 2.45) is 10.9 Å². The Morgan fingerprint density at radius 3 is 2.79 bits per heavy atom. The zero-order chi connectivity index (χ0) is 12.8. The molecular weight excluding hydrogens is 357 g/mol. The van der Waals surface area contributed by atoms with Gasteiger partial charge in [-0.25, -0.2) is 0 Å². The van der Waals surface area contributed by atoms with Gasteiger partial charge in [-0.3, -0.25) is 4.99 Å². The molecule has 2 aliphatic rings. The standard InChI is InChI=1S/C13H25N3O2.HI/c1-14-13(15-8-12-4-3-6-18-12)16(2)9-11-5-7-17-10-11;/h11-12H,3-10H2,1-2H3,(H,14,15);1H. The molecule has 2 saturated heterocycles. The second-order valence-electron chi connectivity index (χ2n) is 5.17. The van der Waals surface area contributed by atoms with Crippen molar-refractivity contribution in [3.63, 3.8) is 0 Å². The minimum atomic E-state index is 0. The summed E-state index contributed by atoms with van der Waals surface area (Å²) >= 11 is 0. The number of hydrogen-bond donors (Lipinski definition) is 1. The maximum atomic E-state index is 5.60. The van der Waals surface area contributed by atoms with Crippen LogP contribution in [0.15, 0.2) is 4.99 Å². The first-order valence-electron chi connectivity index (χ1n) is 6.90. The highest BCUT2D eigenvalue weighted by atomic mass is 127. The van der Waals surface area contributed by atoms with E-state index in [1.54, 1.807) is 0 Å². The maximum Gasteiger partial charge on any atom is 0.193 e. The number of ether oxygens (including phenoxy) is 2. The fraction of sp³-hybridized carbons (Fsp3) is 0.923. The third-order valence-electron chi connectivity index (χ3n) is 3.64. The van der Waals surface area contributed by atoms with Crippen molar-refractivity contribution < 1.29 is 9.47 Å². The van der Waals surface area contributed by atoms with Gasteiger partial charge in [-0.15, -0.1) is 24.0 Å². The minimum Gasteiger partial charge on any atom is -0.381 e. The molecule has 19 heavy (non-hydrogen) atoms. The van der Waals surface area contributed by atoms with E-state index in [1.165, 1.54) is 6.42 Å². The second-order valence-corrected chi connectivity index (χ2v) is 5.17.